The minimum absolute atomic E-state index is 0.0316. The third-order valence-corrected chi connectivity index (χ3v) is 6.03. The zero-order valence-electron chi connectivity index (χ0n) is 12.5. The van der Waals surface area contributed by atoms with Crippen molar-refractivity contribution in [2.24, 2.45) is 5.14 Å². The summed E-state index contributed by atoms with van der Waals surface area (Å²) in [6.45, 7) is 0. The van der Waals surface area contributed by atoms with E-state index in [4.69, 9.17) is 16.7 Å². The highest BCUT2D eigenvalue weighted by Gasteiger charge is 2.20. The molecule has 7 nitrogen and oxygen atoms in total. The largest absolute Gasteiger partial charge is 0.278 e. The first-order chi connectivity index (χ1) is 11.7. The van der Waals surface area contributed by atoms with Crippen molar-refractivity contribution in [3.63, 3.8) is 0 Å². The van der Waals surface area contributed by atoms with Gasteiger partial charge in [-0.15, -0.1) is 0 Å². The second-order valence-corrected chi connectivity index (χ2v) is 8.74. The van der Waals surface area contributed by atoms with E-state index < -0.39 is 20.0 Å². The van der Waals surface area contributed by atoms with Crippen molar-refractivity contribution in [2.75, 3.05) is 4.72 Å². The van der Waals surface area contributed by atoms with Gasteiger partial charge in [-0.05, 0) is 30.3 Å². The van der Waals surface area contributed by atoms with Gasteiger partial charge in [-0.1, -0.05) is 29.8 Å². The number of primary sulfonamides is 1. The highest BCUT2D eigenvalue weighted by atomic mass is 35.5. The summed E-state index contributed by atoms with van der Waals surface area (Å²) in [5.74, 6) is 0. The van der Waals surface area contributed by atoms with Gasteiger partial charge in [0.2, 0.25) is 10.0 Å². The van der Waals surface area contributed by atoms with Gasteiger partial charge >= 0.3 is 0 Å². The van der Waals surface area contributed by atoms with Crippen LogP contribution in [0.2, 0.25) is 5.02 Å². The Balaban J connectivity index is 2.11. The van der Waals surface area contributed by atoms with Gasteiger partial charge in [-0.25, -0.2) is 22.0 Å². The lowest BCUT2D eigenvalue weighted by atomic mass is 10.2. The molecule has 0 unspecified atom stereocenters. The number of nitrogens with zero attached hydrogens (tertiary/aromatic N) is 1. The third kappa shape index (κ3) is 3.59. The van der Waals surface area contributed by atoms with E-state index in [9.17, 15) is 16.8 Å². The monoisotopic (exact) mass is 397 g/mol. The van der Waals surface area contributed by atoms with E-state index >= 15 is 0 Å². The van der Waals surface area contributed by atoms with Gasteiger partial charge < -0.3 is 0 Å². The van der Waals surface area contributed by atoms with Crippen molar-refractivity contribution < 1.29 is 16.8 Å². The molecule has 0 saturated carbocycles. The predicted molar refractivity (Wildman–Crippen MR) is 95.4 cm³/mol. The number of halogens is 1. The number of hydrogen-bond donors (Lipinski definition) is 2. The van der Waals surface area contributed by atoms with Gasteiger partial charge in [0.25, 0.3) is 10.0 Å². The molecule has 0 fully saturated rings. The van der Waals surface area contributed by atoms with E-state index in [2.05, 4.69) is 9.71 Å². The summed E-state index contributed by atoms with van der Waals surface area (Å²) in [7, 11) is -8.06. The van der Waals surface area contributed by atoms with Gasteiger partial charge in [-0.2, -0.15) is 0 Å². The Morgan fingerprint density at radius 1 is 1.00 bits per heavy atom. The Kier molecular flexibility index (Phi) is 4.41. The summed E-state index contributed by atoms with van der Waals surface area (Å²) >= 11 is 5.98. The molecule has 25 heavy (non-hydrogen) atoms. The van der Waals surface area contributed by atoms with E-state index in [1.165, 1.54) is 24.4 Å². The lowest BCUT2D eigenvalue weighted by Gasteiger charge is -2.12. The molecule has 1 heterocycles. The molecule has 0 amide bonds. The molecule has 0 aliphatic carbocycles. The number of aromatic nitrogens is 1. The van der Waals surface area contributed by atoms with Crippen molar-refractivity contribution in [3.05, 3.63) is 59.8 Å². The number of nitrogens with two attached hydrogens (primary N) is 1. The van der Waals surface area contributed by atoms with Crippen LogP contribution in [-0.2, 0) is 20.0 Å². The molecule has 2 aromatic carbocycles. The number of nitrogens with one attached hydrogen (secondary N) is 1. The number of anilines is 1. The standard InChI is InChI=1S/C15H12ClN3O4S2/c16-12-7-6-11(24(17,20)21)9-13(12)19-25(22,23)14-5-1-3-10-4-2-8-18-15(10)14/h1-9,19H,(H2,17,20,21). The van der Waals surface area contributed by atoms with E-state index in [0.29, 0.717) is 5.39 Å². The Hall–Kier alpha value is -2.20. The number of fused-ring (bicyclic) bond motifs is 1. The summed E-state index contributed by atoms with van der Waals surface area (Å²) < 4.78 is 50.7. The zero-order chi connectivity index (χ0) is 18.2. The van der Waals surface area contributed by atoms with Crippen LogP contribution in [0.3, 0.4) is 0 Å². The molecule has 0 aliphatic heterocycles. The summed E-state index contributed by atoms with van der Waals surface area (Å²) in [6.07, 6.45) is 1.48. The molecule has 0 radical (unpaired) electrons. The number of para-hydroxylation sites is 1. The van der Waals surface area contributed by atoms with E-state index in [-0.39, 0.29) is 26.0 Å². The van der Waals surface area contributed by atoms with Crippen LogP contribution in [0.4, 0.5) is 5.69 Å². The summed E-state index contributed by atoms with van der Waals surface area (Å²) in [6, 6.07) is 11.6. The summed E-state index contributed by atoms with van der Waals surface area (Å²) in [5.41, 5.74) is 0.192. The lowest BCUT2D eigenvalue weighted by molar-refractivity contribution is 0.596. The molecular weight excluding hydrogens is 386 g/mol. The van der Waals surface area contributed by atoms with E-state index in [1.54, 1.807) is 24.3 Å². The second kappa shape index (κ2) is 6.26. The average molecular weight is 398 g/mol. The second-order valence-electron chi connectivity index (χ2n) is 5.12. The summed E-state index contributed by atoms with van der Waals surface area (Å²) in [4.78, 5) is 3.79. The van der Waals surface area contributed by atoms with Gasteiger partial charge in [0.15, 0.2) is 0 Å². The van der Waals surface area contributed by atoms with Crippen LogP contribution < -0.4 is 9.86 Å². The quantitative estimate of drug-likeness (QED) is 0.700. The number of rotatable bonds is 4. The SMILES string of the molecule is NS(=O)(=O)c1ccc(Cl)c(NS(=O)(=O)c2cccc3cccnc23)c1. The predicted octanol–water partition coefficient (Wildman–Crippen LogP) is 2.34. The van der Waals surface area contributed by atoms with E-state index in [1.807, 2.05) is 0 Å². The minimum atomic E-state index is -4.06. The highest BCUT2D eigenvalue weighted by Crippen LogP contribution is 2.29. The zero-order valence-corrected chi connectivity index (χ0v) is 14.9. The molecule has 3 aromatic rings. The van der Waals surface area contributed by atoms with Crippen molar-refractivity contribution in [2.45, 2.75) is 9.79 Å². The van der Waals surface area contributed by atoms with Crippen LogP contribution in [0, 0.1) is 0 Å². The molecule has 3 N–H and O–H groups in total. The Bertz CT molecular complexity index is 1170. The van der Waals surface area contributed by atoms with E-state index in [0.717, 1.165) is 6.07 Å². The molecule has 0 spiro atoms. The first-order valence-corrected chi connectivity index (χ1v) is 10.3. The maximum absolute atomic E-state index is 12.7. The molecule has 130 valence electrons. The molecule has 10 heteroatoms. The average Bonchev–Trinajstić information content (AvgIpc) is 2.55. The number of sulfonamides is 2. The first kappa shape index (κ1) is 17.6. The highest BCUT2D eigenvalue weighted by molar-refractivity contribution is 7.93. The summed E-state index contributed by atoms with van der Waals surface area (Å²) in [5, 5.41) is 5.75. The van der Waals surface area contributed by atoms with Crippen LogP contribution in [0.5, 0.6) is 0 Å². The van der Waals surface area contributed by atoms with Crippen LogP contribution in [0.15, 0.2) is 64.5 Å². The van der Waals surface area contributed by atoms with Crippen molar-refractivity contribution in [1.29, 1.82) is 0 Å². The number of benzene rings is 2. The van der Waals surface area contributed by atoms with Crippen LogP contribution in [-0.4, -0.2) is 21.8 Å². The Labute approximate surface area is 149 Å². The number of hydrogen-bond acceptors (Lipinski definition) is 5. The van der Waals surface area contributed by atoms with Crippen LogP contribution in [0.1, 0.15) is 0 Å². The van der Waals surface area contributed by atoms with Crippen LogP contribution >= 0.6 is 11.6 Å². The fraction of sp³-hybridized carbons (Fsp3) is 0. The first-order valence-electron chi connectivity index (χ1n) is 6.87. The molecular formula is C15H12ClN3O4S2. The maximum atomic E-state index is 12.7. The maximum Gasteiger partial charge on any atom is 0.264 e. The Morgan fingerprint density at radius 3 is 2.44 bits per heavy atom. The molecule has 1 aromatic heterocycles. The fourth-order valence-corrected chi connectivity index (χ4v) is 4.26. The molecule has 0 aliphatic rings. The minimum Gasteiger partial charge on any atom is -0.278 e. The normalized spacial score (nSPS) is 12.2. The lowest BCUT2D eigenvalue weighted by Crippen LogP contribution is -2.16. The van der Waals surface area contributed by atoms with Crippen molar-refractivity contribution in [1.82, 2.24) is 4.98 Å². The van der Waals surface area contributed by atoms with Gasteiger partial charge in [0.05, 0.1) is 21.1 Å². The molecule has 3 rings (SSSR count). The number of pyridine rings is 1. The van der Waals surface area contributed by atoms with Gasteiger partial charge in [-0.3, -0.25) is 9.71 Å². The Morgan fingerprint density at radius 2 is 1.72 bits per heavy atom. The van der Waals surface area contributed by atoms with Crippen LogP contribution in [0.25, 0.3) is 10.9 Å². The van der Waals surface area contributed by atoms with Crippen molar-refractivity contribution in [3.8, 4) is 0 Å². The fourth-order valence-electron chi connectivity index (χ4n) is 2.25. The topological polar surface area (TPSA) is 119 Å². The molecule has 0 atom stereocenters. The van der Waals surface area contributed by atoms with Gasteiger partial charge in [0.1, 0.15) is 4.90 Å². The smallest absolute Gasteiger partial charge is 0.264 e. The third-order valence-electron chi connectivity index (χ3n) is 3.40. The molecule has 0 bridgehead atoms. The van der Waals surface area contributed by atoms with Crippen molar-refractivity contribution >= 4 is 48.2 Å². The molecule has 0 saturated heterocycles. The van der Waals surface area contributed by atoms with Gasteiger partial charge in [0, 0.05) is 11.6 Å².